The monoisotopic (exact) mass is 558 g/mol. The van der Waals surface area contributed by atoms with E-state index in [9.17, 15) is 14.7 Å². The molecule has 0 bridgehead atoms. The summed E-state index contributed by atoms with van der Waals surface area (Å²) in [7, 11) is 1.83. The van der Waals surface area contributed by atoms with Gasteiger partial charge in [0, 0.05) is 33.1 Å². The van der Waals surface area contributed by atoms with Crippen LogP contribution in [0.3, 0.4) is 0 Å². The molecular weight excluding hydrogens is 520 g/mol. The van der Waals surface area contributed by atoms with Crippen LogP contribution in [0.15, 0.2) is 42.6 Å². The molecule has 2 fully saturated rings. The minimum Gasteiger partial charge on any atom is -0.490 e. The van der Waals surface area contributed by atoms with Gasteiger partial charge in [-0.3, -0.25) is 19.9 Å². The number of carbonyl (C=O) groups is 2. The summed E-state index contributed by atoms with van der Waals surface area (Å²) in [5.74, 6) is 2.41. The molecule has 1 aromatic carbocycles. The number of anilines is 1. The first-order valence-corrected chi connectivity index (χ1v) is 14.5. The SMILES string of the molecule is C[C@H]1CCCC[C@@H]1Oc1ccc(CN2Cc3ccc(-c4ncc(N5CCC(=O)NC5=O)n4C)nc3[C@@]2(C)CO)cc1. The molecule has 3 aliphatic rings. The number of hydrogen-bond acceptors (Lipinski definition) is 7. The summed E-state index contributed by atoms with van der Waals surface area (Å²) in [6.45, 7) is 5.86. The molecular formula is C31H38N6O4. The Balaban J connectivity index is 1.19. The maximum Gasteiger partial charge on any atom is 0.329 e. The van der Waals surface area contributed by atoms with E-state index in [4.69, 9.17) is 9.72 Å². The maximum absolute atomic E-state index is 12.4. The number of ether oxygens (including phenoxy) is 1. The van der Waals surface area contributed by atoms with E-state index in [0.29, 0.717) is 42.9 Å². The number of rotatable bonds is 7. The number of imide groups is 1. The van der Waals surface area contributed by atoms with E-state index in [1.54, 1.807) is 6.20 Å². The first kappa shape index (κ1) is 27.4. The summed E-state index contributed by atoms with van der Waals surface area (Å²) in [6.07, 6.45) is 7.03. The minimum atomic E-state index is -0.668. The second-order valence-electron chi connectivity index (χ2n) is 11.8. The Hall–Kier alpha value is -3.76. The average Bonchev–Trinajstić information content (AvgIpc) is 3.48. The number of nitrogens with one attached hydrogen (secondary N) is 1. The highest BCUT2D eigenvalue weighted by atomic mass is 16.5. The molecule has 216 valence electrons. The Bertz CT molecular complexity index is 1450. The van der Waals surface area contributed by atoms with Gasteiger partial charge in [0.2, 0.25) is 5.91 Å². The number of pyridine rings is 1. The van der Waals surface area contributed by atoms with E-state index in [1.165, 1.54) is 24.2 Å². The van der Waals surface area contributed by atoms with Crippen molar-refractivity contribution < 1.29 is 19.4 Å². The Morgan fingerprint density at radius 3 is 2.63 bits per heavy atom. The van der Waals surface area contributed by atoms with Gasteiger partial charge in [0.1, 0.15) is 23.4 Å². The number of imidazole rings is 1. The second-order valence-corrected chi connectivity index (χ2v) is 11.8. The van der Waals surface area contributed by atoms with E-state index in [1.807, 2.05) is 24.6 Å². The van der Waals surface area contributed by atoms with Crippen molar-refractivity contribution in [3.8, 4) is 17.3 Å². The first-order valence-electron chi connectivity index (χ1n) is 14.5. The van der Waals surface area contributed by atoms with E-state index in [-0.39, 0.29) is 25.0 Å². The number of amides is 3. The standard InChI is InChI=1S/C31H38N6O4/c1-20-6-4-5-7-25(20)41-23-11-8-21(9-12-23)17-36-18-22-10-13-24(33-28(22)31(36,2)19-38)29-32-16-27(35(29)3)37-15-14-26(39)34-30(37)40/h8-13,16,20,25,38H,4-7,14-15,17-19H2,1-3H3,(H,34,39,40)/t20-,25-,31+/m0/s1. The third-order valence-electron chi connectivity index (χ3n) is 9.00. The molecule has 10 heteroatoms. The third kappa shape index (κ3) is 5.10. The lowest BCUT2D eigenvalue weighted by Gasteiger charge is -2.34. The fourth-order valence-corrected chi connectivity index (χ4v) is 6.34. The topological polar surface area (TPSA) is 113 Å². The summed E-state index contributed by atoms with van der Waals surface area (Å²) >= 11 is 0. The zero-order chi connectivity index (χ0) is 28.7. The third-order valence-corrected chi connectivity index (χ3v) is 9.00. The van der Waals surface area contributed by atoms with Crippen LogP contribution in [0.4, 0.5) is 10.6 Å². The molecule has 1 aliphatic carbocycles. The van der Waals surface area contributed by atoms with E-state index >= 15 is 0 Å². The number of aliphatic hydroxyl groups is 1. The number of aliphatic hydroxyl groups excluding tert-OH is 1. The molecule has 3 aromatic rings. The molecule has 1 saturated heterocycles. The van der Waals surface area contributed by atoms with Crippen LogP contribution in [0.25, 0.3) is 11.5 Å². The summed E-state index contributed by atoms with van der Waals surface area (Å²) < 4.78 is 8.12. The lowest BCUT2D eigenvalue weighted by molar-refractivity contribution is -0.120. The van der Waals surface area contributed by atoms with Crippen molar-refractivity contribution in [3.05, 3.63) is 59.4 Å². The predicted octanol–water partition coefficient (Wildman–Crippen LogP) is 4.11. The zero-order valence-corrected chi connectivity index (χ0v) is 24.0. The number of carbonyl (C=O) groups excluding carboxylic acids is 2. The van der Waals surface area contributed by atoms with Crippen LogP contribution in [0.1, 0.15) is 62.8 Å². The van der Waals surface area contributed by atoms with E-state index in [2.05, 4.69) is 52.5 Å². The highest BCUT2D eigenvalue weighted by Crippen LogP contribution is 2.40. The van der Waals surface area contributed by atoms with Gasteiger partial charge in [0.05, 0.1) is 24.0 Å². The first-order chi connectivity index (χ1) is 19.8. The molecule has 41 heavy (non-hydrogen) atoms. The maximum atomic E-state index is 12.4. The quantitative estimate of drug-likeness (QED) is 0.449. The van der Waals surface area contributed by atoms with Crippen LogP contribution < -0.4 is 15.0 Å². The Morgan fingerprint density at radius 1 is 1.12 bits per heavy atom. The normalized spacial score (nSPS) is 24.8. The van der Waals surface area contributed by atoms with Crippen molar-refractivity contribution in [3.63, 3.8) is 0 Å². The summed E-state index contributed by atoms with van der Waals surface area (Å²) in [4.78, 5) is 37.3. The summed E-state index contributed by atoms with van der Waals surface area (Å²) in [5, 5.41) is 13.0. The van der Waals surface area contributed by atoms with Gasteiger partial charge in [-0.15, -0.1) is 0 Å². The summed E-state index contributed by atoms with van der Waals surface area (Å²) in [5.41, 5.74) is 3.04. The Morgan fingerprint density at radius 2 is 1.90 bits per heavy atom. The largest absolute Gasteiger partial charge is 0.490 e. The van der Waals surface area contributed by atoms with Crippen LogP contribution in [0, 0.1) is 5.92 Å². The Labute approximate surface area is 240 Å². The van der Waals surface area contributed by atoms with Crippen LogP contribution in [0.5, 0.6) is 5.75 Å². The molecule has 3 atom stereocenters. The smallest absolute Gasteiger partial charge is 0.329 e. The van der Waals surface area contributed by atoms with Crippen LogP contribution in [-0.2, 0) is 30.5 Å². The number of fused-ring (bicyclic) bond motifs is 1. The molecule has 4 heterocycles. The van der Waals surface area contributed by atoms with E-state index in [0.717, 1.165) is 29.0 Å². The van der Waals surface area contributed by atoms with Gasteiger partial charge in [-0.05, 0) is 61.4 Å². The highest BCUT2D eigenvalue weighted by molar-refractivity contribution is 6.05. The molecule has 0 spiro atoms. The van der Waals surface area contributed by atoms with Gasteiger partial charge < -0.3 is 14.4 Å². The highest BCUT2D eigenvalue weighted by Gasteiger charge is 2.42. The Kier molecular flexibility index (Phi) is 7.29. The zero-order valence-electron chi connectivity index (χ0n) is 24.0. The van der Waals surface area contributed by atoms with Crippen LogP contribution in [-0.4, -0.2) is 55.7 Å². The molecule has 3 amide bonds. The minimum absolute atomic E-state index is 0.0784. The molecule has 2 aliphatic heterocycles. The van der Waals surface area contributed by atoms with Gasteiger partial charge in [0.25, 0.3) is 0 Å². The van der Waals surface area contributed by atoms with Crippen LogP contribution >= 0.6 is 0 Å². The number of nitrogens with zero attached hydrogens (tertiary/aromatic N) is 5. The number of urea groups is 1. The van der Waals surface area contributed by atoms with Gasteiger partial charge in [-0.25, -0.2) is 14.8 Å². The van der Waals surface area contributed by atoms with E-state index < -0.39 is 11.6 Å². The fraction of sp³-hybridized carbons (Fsp3) is 0.484. The molecule has 2 aromatic heterocycles. The van der Waals surface area contributed by atoms with Crippen molar-refractivity contribution in [2.24, 2.45) is 13.0 Å². The van der Waals surface area contributed by atoms with Crippen molar-refractivity contribution >= 4 is 17.8 Å². The fourth-order valence-electron chi connectivity index (χ4n) is 6.34. The number of hydrogen-bond donors (Lipinski definition) is 2. The number of aromatic nitrogens is 3. The van der Waals surface area contributed by atoms with Crippen molar-refractivity contribution in [1.29, 1.82) is 0 Å². The predicted molar refractivity (Wildman–Crippen MR) is 154 cm³/mol. The lowest BCUT2D eigenvalue weighted by Crippen LogP contribution is -2.50. The number of benzene rings is 1. The lowest BCUT2D eigenvalue weighted by atomic mass is 9.88. The molecule has 10 nitrogen and oxygen atoms in total. The average molecular weight is 559 g/mol. The molecule has 1 saturated carbocycles. The molecule has 0 unspecified atom stereocenters. The van der Waals surface area contributed by atoms with Gasteiger partial charge >= 0.3 is 6.03 Å². The van der Waals surface area contributed by atoms with Crippen molar-refractivity contribution in [2.75, 3.05) is 18.1 Å². The summed E-state index contributed by atoms with van der Waals surface area (Å²) in [6, 6.07) is 11.9. The second kappa shape index (κ2) is 10.9. The molecule has 6 rings (SSSR count). The van der Waals surface area contributed by atoms with Crippen LogP contribution in [0.2, 0.25) is 0 Å². The van der Waals surface area contributed by atoms with Gasteiger partial charge in [0.15, 0.2) is 5.82 Å². The van der Waals surface area contributed by atoms with Gasteiger partial charge in [-0.2, -0.15) is 0 Å². The van der Waals surface area contributed by atoms with Crippen molar-refractivity contribution in [1.82, 2.24) is 24.8 Å². The molecule has 0 radical (unpaired) electrons. The van der Waals surface area contributed by atoms with Crippen molar-refractivity contribution in [2.45, 2.75) is 70.7 Å². The van der Waals surface area contributed by atoms with Gasteiger partial charge in [-0.1, -0.05) is 31.5 Å². The molecule has 2 N–H and O–H groups in total.